The van der Waals surface area contributed by atoms with Crippen molar-refractivity contribution in [3.63, 3.8) is 0 Å². The lowest BCUT2D eigenvalue weighted by atomic mass is 10.1. The van der Waals surface area contributed by atoms with Gasteiger partial charge in [-0.1, -0.05) is 0 Å². The first kappa shape index (κ1) is 24.6. The lowest BCUT2D eigenvalue weighted by molar-refractivity contribution is 0.0438. The minimum atomic E-state index is -0.752. The van der Waals surface area contributed by atoms with Crippen molar-refractivity contribution in [3.05, 3.63) is 106 Å². The van der Waals surface area contributed by atoms with Gasteiger partial charge in [-0.25, -0.2) is 14.4 Å². The molecular weight excluding hydrogens is 468 g/mol. The fourth-order valence-corrected chi connectivity index (χ4v) is 3.28. The van der Waals surface area contributed by atoms with Crippen LogP contribution in [0.3, 0.4) is 0 Å². The fourth-order valence-electron chi connectivity index (χ4n) is 3.28. The third-order valence-electron chi connectivity index (χ3n) is 5.55. The highest BCUT2D eigenvalue weighted by Crippen LogP contribution is 2.19. The van der Waals surface area contributed by atoms with Crippen LogP contribution in [0.5, 0.6) is 0 Å². The van der Waals surface area contributed by atoms with Gasteiger partial charge in [-0.15, -0.1) is 0 Å². The number of rotatable bonds is 9. The fraction of sp³-hybridized carbons (Fsp3) is 0.222. The van der Waals surface area contributed by atoms with Gasteiger partial charge in [0.1, 0.15) is 37.1 Å². The van der Waals surface area contributed by atoms with Crippen molar-refractivity contribution >= 4 is 17.9 Å². The molecule has 9 nitrogen and oxygen atoms in total. The van der Waals surface area contributed by atoms with Crippen LogP contribution in [0.1, 0.15) is 65.0 Å². The van der Waals surface area contributed by atoms with Crippen LogP contribution in [0.2, 0.25) is 0 Å². The standard InChI is InChI=1S/C27H24O9/c1-16-4-7-31-22(16)13-34-25(28)19-10-20(26(29)35-14-23-17(2)5-8-32-23)12-21(11-19)27(30)36-15-24-18(3)6-9-33-24/h4-12H,13-15H2,1-3H3. The summed E-state index contributed by atoms with van der Waals surface area (Å²) in [6.45, 7) is 5.13. The molecule has 0 radical (unpaired) electrons. The number of carbonyl (C=O) groups is 3. The Morgan fingerprint density at radius 1 is 0.556 bits per heavy atom. The van der Waals surface area contributed by atoms with Crippen molar-refractivity contribution < 1.29 is 41.8 Å². The second-order valence-electron chi connectivity index (χ2n) is 8.11. The van der Waals surface area contributed by atoms with E-state index in [1.807, 2.05) is 20.8 Å². The number of benzene rings is 1. The van der Waals surface area contributed by atoms with Crippen LogP contribution in [0.15, 0.2) is 68.4 Å². The van der Waals surface area contributed by atoms with Crippen molar-refractivity contribution in [3.8, 4) is 0 Å². The molecule has 36 heavy (non-hydrogen) atoms. The molecule has 0 aliphatic carbocycles. The molecule has 0 saturated heterocycles. The Hall–Kier alpha value is -4.53. The molecule has 3 aromatic heterocycles. The summed E-state index contributed by atoms with van der Waals surface area (Å²) in [4.78, 5) is 38.3. The van der Waals surface area contributed by atoms with E-state index in [4.69, 9.17) is 27.5 Å². The average molecular weight is 492 g/mol. The summed E-state index contributed by atoms with van der Waals surface area (Å²) in [7, 11) is 0. The molecule has 0 atom stereocenters. The van der Waals surface area contributed by atoms with Gasteiger partial charge < -0.3 is 27.5 Å². The highest BCUT2D eigenvalue weighted by atomic mass is 16.5. The third-order valence-corrected chi connectivity index (χ3v) is 5.55. The van der Waals surface area contributed by atoms with Crippen LogP contribution in [0.25, 0.3) is 0 Å². The lowest BCUT2D eigenvalue weighted by Crippen LogP contribution is -2.13. The third kappa shape index (κ3) is 5.75. The maximum absolute atomic E-state index is 12.8. The molecule has 0 spiro atoms. The maximum atomic E-state index is 12.8. The molecular formula is C27H24O9. The molecule has 186 valence electrons. The van der Waals surface area contributed by atoms with Crippen LogP contribution < -0.4 is 0 Å². The summed E-state index contributed by atoms with van der Waals surface area (Å²) in [5.41, 5.74) is 2.40. The smallest absolute Gasteiger partial charge is 0.338 e. The van der Waals surface area contributed by atoms with E-state index in [0.717, 1.165) is 16.7 Å². The van der Waals surface area contributed by atoms with Gasteiger partial charge in [0.15, 0.2) is 0 Å². The van der Waals surface area contributed by atoms with E-state index < -0.39 is 17.9 Å². The Morgan fingerprint density at radius 3 is 1.06 bits per heavy atom. The van der Waals surface area contributed by atoms with E-state index in [2.05, 4.69) is 0 Å². The van der Waals surface area contributed by atoms with Crippen LogP contribution in [0, 0.1) is 20.8 Å². The number of hydrogen-bond donors (Lipinski definition) is 0. The lowest BCUT2D eigenvalue weighted by Gasteiger charge is -2.10. The Labute approximate surface area is 206 Å². The SMILES string of the molecule is Cc1ccoc1COC(=O)c1cc(C(=O)OCc2occc2C)cc(C(=O)OCc2occc2C)c1. The summed E-state index contributed by atoms with van der Waals surface area (Å²) in [6.07, 6.45) is 4.47. The molecule has 9 heteroatoms. The highest BCUT2D eigenvalue weighted by molar-refractivity contribution is 6.00. The van der Waals surface area contributed by atoms with Gasteiger partial charge in [-0.2, -0.15) is 0 Å². The molecule has 0 bridgehead atoms. The zero-order valence-corrected chi connectivity index (χ0v) is 20.0. The molecule has 0 aliphatic rings. The first-order chi connectivity index (χ1) is 17.3. The molecule has 0 N–H and O–H groups in total. The molecule has 0 fully saturated rings. The van der Waals surface area contributed by atoms with E-state index in [1.54, 1.807) is 18.2 Å². The van der Waals surface area contributed by atoms with Crippen LogP contribution >= 0.6 is 0 Å². The average Bonchev–Trinajstić information content (AvgIpc) is 3.60. The van der Waals surface area contributed by atoms with Crippen molar-refractivity contribution in [2.24, 2.45) is 0 Å². The van der Waals surface area contributed by atoms with Gasteiger partial charge in [0.2, 0.25) is 0 Å². The van der Waals surface area contributed by atoms with Gasteiger partial charge >= 0.3 is 17.9 Å². The number of hydrogen-bond acceptors (Lipinski definition) is 9. The molecule has 4 aromatic rings. The monoisotopic (exact) mass is 492 g/mol. The zero-order valence-electron chi connectivity index (χ0n) is 20.0. The Bertz CT molecular complexity index is 1210. The van der Waals surface area contributed by atoms with Gasteiger partial charge in [0.25, 0.3) is 0 Å². The largest absolute Gasteiger partial charge is 0.465 e. The summed E-state index contributed by atoms with van der Waals surface area (Å²) < 4.78 is 31.8. The maximum Gasteiger partial charge on any atom is 0.338 e. The van der Waals surface area contributed by atoms with Crippen molar-refractivity contribution in [1.29, 1.82) is 0 Å². The number of aryl methyl sites for hydroxylation is 3. The zero-order chi connectivity index (χ0) is 25.7. The van der Waals surface area contributed by atoms with Crippen LogP contribution in [-0.4, -0.2) is 17.9 Å². The Morgan fingerprint density at radius 2 is 0.833 bits per heavy atom. The minimum Gasteiger partial charge on any atom is -0.465 e. The van der Waals surface area contributed by atoms with E-state index in [0.29, 0.717) is 17.3 Å². The Kier molecular flexibility index (Phi) is 7.39. The predicted octanol–water partition coefficient (Wildman–Crippen LogP) is 5.46. The number of carbonyl (C=O) groups excluding carboxylic acids is 3. The van der Waals surface area contributed by atoms with Crippen LogP contribution in [-0.2, 0) is 34.0 Å². The van der Waals surface area contributed by atoms with Gasteiger partial charge in [-0.3, -0.25) is 0 Å². The molecule has 4 rings (SSSR count). The number of ether oxygens (including phenoxy) is 3. The summed E-state index contributed by atoms with van der Waals surface area (Å²) >= 11 is 0. The molecule has 0 aliphatic heterocycles. The second-order valence-corrected chi connectivity index (χ2v) is 8.11. The summed E-state index contributed by atoms with van der Waals surface area (Å²) in [5.74, 6) is -0.793. The van der Waals surface area contributed by atoms with E-state index >= 15 is 0 Å². The van der Waals surface area contributed by atoms with E-state index in [-0.39, 0.29) is 36.5 Å². The molecule has 0 amide bonds. The number of furan rings is 3. The van der Waals surface area contributed by atoms with Crippen molar-refractivity contribution in [1.82, 2.24) is 0 Å². The number of esters is 3. The van der Waals surface area contributed by atoms with E-state index in [9.17, 15) is 14.4 Å². The minimum absolute atomic E-state index is 0.0241. The highest BCUT2D eigenvalue weighted by Gasteiger charge is 2.20. The first-order valence-electron chi connectivity index (χ1n) is 11.1. The van der Waals surface area contributed by atoms with Crippen molar-refractivity contribution in [2.45, 2.75) is 40.6 Å². The van der Waals surface area contributed by atoms with Gasteiger partial charge in [-0.05, 0) is 73.9 Å². The van der Waals surface area contributed by atoms with Gasteiger partial charge in [0, 0.05) is 0 Å². The molecule has 3 heterocycles. The summed E-state index contributed by atoms with van der Waals surface area (Å²) in [5, 5.41) is 0. The second kappa shape index (κ2) is 10.8. The van der Waals surface area contributed by atoms with Gasteiger partial charge in [0.05, 0.1) is 35.5 Å². The summed E-state index contributed by atoms with van der Waals surface area (Å²) in [6, 6.07) is 9.12. The van der Waals surface area contributed by atoms with E-state index in [1.165, 1.54) is 37.0 Å². The molecule has 0 saturated carbocycles. The topological polar surface area (TPSA) is 118 Å². The normalized spacial score (nSPS) is 10.8. The predicted molar refractivity (Wildman–Crippen MR) is 124 cm³/mol. The van der Waals surface area contributed by atoms with Crippen LogP contribution in [0.4, 0.5) is 0 Å². The Balaban J connectivity index is 1.54. The first-order valence-corrected chi connectivity index (χ1v) is 11.1. The molecule has 1 aromatic carbocycles. The van der Waals surface area contributed by atoms with Crippen molar-refractivity contribution in [2.75, 3.05) is 0 Å². The quantitative estimate of drug-likeness (QED) is 0.222. The molecule has 0 unspecified atom stereocenters.